The lowest BCUT2D eigenvalue weighted by molar-refractivity contribution is -0.157. The maximum Gasteiger partial charge on any atom is 0.0626 e. The Labute approximate surface area is 99.5 Å². The van der Waals surface area contributed by atoms with Gasteiger partial charge in [-0.1, -0.05) is 13.8 Å². The molecule has 2 N–H and O–H groups in total. The lowest BCUT2D eigenvalue weighted by Crippen LogP contribution is -2.69. The molecule has 0 amide bonds. The first kappa shape index (κ1) is 13.9. The Morgan fingerprint density at radius 1 is 1.00 bits per heavy atom. The van der Waals surface area contributed by atoms with Crippen molar-refractivity contribution < 1.29 is 10.2 Å². The topological polar surface area (TPSA) is 43.7 Å². The minimum absolute atomic E-state index is 0.0852. The highest BCUT2D eigenvalue weighted by molar-refractivity contribution is 5.06. The maximum atomic E-state index is 10.3. The molecule has 96 valence electrons. The molecule has 0 aromatic rings. The lowest BCUT2D eigenvalue weighted by Gasteiger charge is -2.60. The van der Waals surface area contributed by atoms with Crippen LogP contribution in [-0.2, 0) is 0 Å². The number of nitrogens with zero attached hydrogens (tertiary/aromatic N) is 1. The lowest BCUT2D eigenvalue weighted by atomic mass is 9.66. The molecule has 0 aromatic carbocycles. The second kappa shape index (κ2) is 4.28. The van der Waals surface area contributed by atoms with Gasteiger partial charge in [0.2, 0.25) is 0 Å². The second-order valence-electron chi connectivity index (χ2n) is 6.25. The van der Waals surface area contributed by atoms with Gasteiger partial charge in [-0.25, -0.2) is 0 Å². The molecular formula is C13H27NO2. The summed E-state index contributed by atoms with van der Waals surface area (Å²) in [6, 6.07) is 0. The number of hydrogen-bond acceptors (Lipinski definition) is 3. The number of hydrogen-bond donors (Lipinski definition) is 2. The first-order valence-electron chi connectivity index (χ1n) is 6.24. The zero-order valence-electron chi connectivity index (χ0n) is 11.5. The van der Waals surface area contributed by atoms with Crippen molar-refractivity contribution in [1.82, 2.24) is 4.90 Å². The van der Waals surface area contributed by atoms with Gasteiger partial charge in [0.1, 0.15) is 0 Å². The van der Waals surface area contributed by atoms with Crippen LogP contribution in [0.2, 0.25) is 0 Å². The van der Waals surface area contributed by atoms with Gasteiger partial charge in [0, 0.05) is 29.5 Å². The first-order valence-corrected chi connectivity index (χ1v) is 6.24. The normalized spacial score (nSPS) is 38.6. The minimum atomic E-state index is -0.278. The van der Waals surface area contributed by atoms with Crippen molar-refractivity contribution in [3.63, 3.8) is 0 Å². The van der Waals surface area contributed by atoms with Crippen molar-refractivity contribution in [2.24, 2.45) is 11.8 Å². The summed E-state index contributed by atoms with van der Waals surface area (Å²) in [6.07, 6.45) is -0.278. The van der Waals surface area contributed by atoms with E-state index in [1.54, 1.807) is 0 Å². The minimum Gasteiger partial charge on any atom is -0.395 e. The van der Waals surface area contributed by atoms with Crippen LogP contribution in [0.4, 0.5) is 0 Å². The third-order valence-electron chi connectivity index (χ3n) is 4.97. The molecule has 0 aliphatic carbocycles. The van der Waals surface area contributed by atoms with E-state index in [4.69, 9.17) is 0 Å². The van der Waals surface area contributed by atoms with Gasteiger partial charge in [0.15, 0.2) is 0 Å². The van der Waals surface area contributed by atoms with Crippen LogP contribution in [0.1, 0.15) is 41.5 Å². The fraction of sp³-hybridized carbons (Fsp3) is 1.00. The Bertz CT molecular complexity index is 228. The van der Waals surface area contributed by atoms with E-state index in [1.807, 2.05) is 0 Å². The fourth-order valence-electron chi connectivity index (χ4n) is 3.18. The predicted molar refractivity (Wildman–Crippen MR) is 66.3 cm³/mol. The van der Waals surface area contributed by atoms with Crippen LogP contribution >= 0.6 is 0 Å². The molecule has 2 unspecified atom stereocenters. The molecule has 1 aliphatic rings. The van der Waals surface area contributed by atoms with Gasteiger partial charge < -0.3 is 10.2 Å². The van der Waals surface area contributed by atoms with E-state index in [0.29, 0.717) is 6.54 Å². The van der Waals surface area contributed by atoms with Crippen molar-refractivity contribution in [3.05, 3.63) is 0 Å². The van der Waals surface area contributed by atoms with Crippen LogP contribution < -0.4 is 0 Å². The second-order valence-corrected chi connectivity index (χ2v) is 6.25. The number of aliphatic hydroxyl groups is 2. The summed E-state index contributed by atoms with van der Waals surface area (Å²) in [7, 11) is 0. The summed E-state index contributed by atoms with van der Waals surface area (Å²) in [6.45, 7) is 13.7. The Kier molecular flexibility index (Phi) is 3.73. The van der Waals surface area contributed by atoms with Crippen molar-refractivity contribution >= 4 is 0 Å². The van der Waals surface area contributed by atoms with Gasteiger partial charge in [0.25, 0.3) is 0 Å². The van der Waals surface area contributed by atoms with Crippen LogP contribution in [0.15, 0.2) is 0 Å². The van der Waals surface area contributed by atoms with E-state index in [0.717, 1.165) is 0 Å². The molecule has 0 spiro atoms. The number of aliphatic hydroxyl groups excluding tert-OH is 2. The zero-order chi connectivity index (χ0) is 12.7. The summed E-state index contributed by atoms with van der Waals surface area (Å²) in [4.78, 5) is 2.34. The van der Waals surface area contributed by atoms with Crippen LogP contribution in [0.25, 0.3) is 0 Å². The average molecular weight is 229 g/mol. The van der Waals surface area contributed by atoms with Crippen LogP contribution in [-0.4, -0.2) is 45.4 Å². The molecule has 1 saturated heterocycles. The highest BCUT2D eigenvalue weighted by Gasteiger charge is 2.52. The van der Waals surface area contributed by atoms with E-state index < -0.39 is 0 Å². The van der Waals surface area contributed by atoms with E-state index in [2.05, 4.69) is 46.4 Å². The smallest absolute Gasteiger partial charge is 0.0626 e. The Morgan fingerprint density at radius 3 is 1.69 bits per heavy atom. The quantitative estimate of drug-likeness (QED) is 0.754. The summed E-state index contributed by atoms with van der Waals surface area (Å²) in [5.41, 5.74) is -0.170. The number of likely N-dealkylation sites (tertiary alicyclic amines) is 1. The maximum absolute atomic E-state index is 10.3. The number of piperidine rings is 1. The van der Waals surface area contributed by atoms with Crippen LogP contribution in [0, 0.1) is 11.8 Å². The third-order valence-corrected chi connectivity index (χ3v) is 4.97. The van der Waals surface area contributed by atoms with Crippen molar-refractivity contribution in [2.75, 3.05) is 13.2 Å². The molecule has 1 rings (SSSR count). The molecule has 0 bridgehead atoms. The zero-order valence-corrected chi connectivity index (χ0v) is 11.5. The highest BCUT2D eigenvalue weighted by atomic mass is 16.3. The molecule has 1 fully saturated rings. The van der Waals surface area contributed by atoms with Crippen molar-refractivity contribution in [3.8, 4) is 0 Å². The van der Waals surface area contributed by atoms with E-state index in [9.17, 15) is 10.2 Å². The SMILES string of the molecule is CC1C(O)C(C)C(C)(C)N(CCO)C1(C)C. The molecular weight excluding hydrogens is 202 g/mol. The molecule has 3 nitrogen and oxygen atoms in total. The van der Waals surface area contributed by atoms with Crippen LogP contribution in [0.5, 0.6) is 0 Å². The largest absolute Gasteiger partial charge is 0.395 e. The van der Waals surface area contributed by atoms with Gasteiger partial charge in [0.05, 0.1) is 12.7 Å². The fourth-order valence-corrected chi connectivity index (χ4v) is 3.18. The van der Waals surface area contributed by atoms with E-state index in [1.165, 1.54) is 0 Å². The molecule has 0 saturated carbocycles. The van der Waals surface area contributed by atoms with Crippen molar-refractivity contribution in [1.29, 1.82) is 0 Å². The first-order chi connectivity index (χ1) is 7.17. The average Bonchev–Trinajstić information content (AvgIpc) is 2.20. The predicted octanol–water partition coefficient (Wildman–Crippen LogP) is 1.48. The van der Waals surface area contributed by atoms with E-state index >= 15 is 0 Å². The monoisotopic (exact) mass is 229 g/mol. The molecule has 1 aliphatic heterocycles. The molecule has 0 aromatic heterocycles. The number of rotatable bonds is 2. The summed E-state index contributed by atoms with van der Waals surface area (Å²) in [5.74, 6) is 0.421. The molecule has 2 atom stereocenters. The Morgan fingerprint density at radius 2 is 1.38 bits per heavy atom. The third kappa shape index (κ3) is 1.89. The molecule has 0 radical (unpaired) electrons. The Hall–Kier alpha value is -0.120. The molecule has 1 heterocycles. The standard InChI is InChI=1S/C13H27NO2/c1-9-11(16)10(2)13(5,6)14(7-8-15)12(9,3)4/h9-11,15-16H,7-8H2,1-6H3. The Balaban J connectivity index is 3.10. The van der Waals surface area contributed by atoms with E-state index in [-0.39, 0.29) is 35.6 Å². The van der Waals surface area contributed by atoms with Gasteiger partial charge in [-0.3, -0.25) is 4.90 Å². The van der Waals surface area contributed by atoms with Gasteiger partial charge in [-0.2, -0.15) is 0 Å². The van der Waals surface area contributed by atoms with Crippen LogP contribution in [0.3, 0.4) is 0 Å². The highest BCUT2D eigenvalue weighted by Crippen LogP contribution is 2.44. The summed E-state index contributed by atoms with van der Waals surface area (Å²) >= 11 is 0. The summed E-state index contributed by atoms with van der Waals surface area (Å²) < 4.78 is 0. The van der Waals surface area contributed by atoms with Crippen molar-refractivity contribution in [2.45, 2.75) is 58.7 Å². The summed E-state index contributed by atoms with van der Waals surface area (Å²) in [5, 5.41) is 19.5. The molecule has 16 heavy (non-hydrogen) atoms. The van der Waals surface area contributed by atoms with Gasteiger partial charge >= 0.3 is 0 Å². The number of β-amino-alcohol motifs (C(OH)–C–C–N with tert-alkyl or cyclic N) is 1. The molecule has 3 heteroatoms. The van der Waals surface area contributed by atoms with Gasteiger partial charge in [-0.15, -0.1) is 0 Å². The van der Waals surface area contributed by atoms with Gasteiger partial charge in [-0.05, 0) is 27.7 Å².